The van der Waals surface area contributed by atoms with Gasteiger partial charge in [0.05, 0.1) is 11.9 Å². The molecule has 4 nitrogen and oxygen atoms in total. The number of carbonyl (C=O) groups excluding carboxylic acids is 2. The first-order chi connectivity index (χ1) is 8.00. The molecule has 4 bridgehead atoms. The van der Waals surface area contributed by atoms with Crippen LogP contribution in [-0.4, -0.2) is 11.9 Å². The van der Waals surface area contributed by atoms with Gasteiger partial charge in [0.1, 0.15) is 0 Å². The van der Waals surface area contributed by atoms with Gasteiger partial charge in [0.15, 0.2) is 0 Å². The summed E-state index contributed by atoms with van der Waals surface area (Å²) in [6.45, 7) is 0. The summed E-state index contributed by atoms with van der Waals surface area (Å²) in [7, 11) is 0. The van der Waals surface area contributed by atoms with E-state index >= 15 is 0 Å². The number of rotatable bonds is 3. The molecule has 17 heavy (non-hydrogen) atoms. The van der Waals surface area contributed by atoms with Crippen LogP contribution in [0.1, 0.15) is 38.5 Å². The lowest BCUT2D eigenvalue weighted by molar-refractivity contribution is -0.341. The van der Waals surface area contributed by atoms with Gasteiger partial charge in [-0.15, -0.1) is 0 Å². The quantitative estimate of drug-likeness (QED) is 0.608. The van der Waals surface area contributed by atoms with Gasteiger partial charge in [0.25, 0.3) is 0 Å². The molecule has 0 unspecified atom stereocenters. The predicted molar refractivity (Wildman–Crippen MR) is 54.1 cm³/mol. The van der Waals surface area contributed by atoms with Gasteiger partial charge < -0.3 is 19.8 Å². The monoisotopic (exact) mass is 236 g/mol. The van der Waals surface area contributed by atoms with Crippen molar-refractivity contribution in [1.29, 1.82) is 0 Å². The predicted octanol–water partition coefficient (Wildman–Crippen LogP) is -0.681. The van der Waals surface area contributed by atoms with E-state index in [1.165, 1.54) is 0 Å². The number of carboxylic acid groups (broad SMARTS) is 2. The van der Waals surface area contributed by atoms with Crippen molar-refractivity contribution in [3.63, 3.8) is 0 Å². The van der Waals surface area contributed by atoms with E-state index in [0.717, 1.165) is 38.5 Å². The molecule has 4 rings (SSSR count). The van der Waals surface area contributed by atoms with E-state index in [0.29, 0.717) is 17.8 Å². The number of carboxylic acids is 2. The molecule has 0 radical (unpaired) electrons. The Balaban J connectivity index is 1.95. The van der Waals surface area contributed by atoms with Crippen LogP contribution in [0.15, 0.2) is 0 Å². The van der Waals surface area contributed by atoms with Gasteiger partial charge in [0.2, 0.25) is 0 Å². The molecule has 4 aliphatic carbocycles. The fourth-order valence-corrected chi connectivity index (χ4v) is 5.13. The third-order valence-electron chi connectivity index (χ3n) is 5.17. The topological polar surface area (TPSA) is 80.3 Å². The third kappa shape index (κ3) is 1.57. The molecule has 0 saturated heterocycles. The van der Waals surface area contributed by atoms with Crippen LogP contribution >= 0.6 is 0 Å². The SMILES string of the molecule is O=C([O-])C(C(=O)[O-])C12CC3CC(CC(C3)C1)C2. The summed E-state index contributed by atoms with van der Waals surface area (Å²) < 4.78 is 0. The molecular formula is C13H16O4-2. The van der Waals surface area contributed by atoms with E-state index in [1.54, 1.807) is 0 Å². The van der Waals surface area contributed by atoms with Crippen LogP contribution in [0.5, 0.6) is 0 Å². The lowest BCUT2D eigenvalue weighted by atomic mass is 9.46. The van der Waals surface area contributed by atoms with Gasteiger partial charge in [0, 0.05) is 5.92 Å². The highest BCUT2D eigenvalue weighted by Crippen LogP contribution is 2.62. The average Bonchev–Trinajstić information content (AvgIpc) is 2.11. The number of hydrogen-bond acceptors (Lipinski definition) is 4. The molecule has 0 amide bonds. The minimum Gasteiger partial charge on any atom is -0.549 e. The zero-order chi connectivity index (χ0) is 12.2. The summed E-state index contributed by atoms with van der Waals surface area (Å²) in [5.74, 6) is -2.72. The van der Waals surface area contributed by atoms with Crippen molar-refractivity contribution >= 4 is 11.9 Å². The average molecular weight is 236 g/mol. The Morgan fingerprint density at radius 3 is 1.53 bits per heavy atom. The van der Waals surface area contributed by atoms with E-state index in [-0.39, 0.29) is 0 Å². The van der Waals surface area contributed by atoms with E-state index in [2.05, 4.69) is 0 Å². The van der Waals surface area contributed by atoms with Gasteiger partial charge in [-0.2, -0.15) is 0 Å². The number of hydrogen-bond donors (Lipinski definition) is 0. The van der Waals surface area contributed by atoms with Gasteiger partial charge in [-0.3, -0.25) is 0 Å². The lowest BCUT2D eigenvalue weighted by Crippen LogP contribution is -2.58. The molecule has 0 heterocycles. The summed E-state index contributed by atoms with van der Waals surface area (Å²) in [6.07, 6.45) is 5.70. The molecule has 4 fully saturated rings. The fraction of sp³-hybridized carbons (Fsp3) is 0.846. The standard InChI is InChI=1S/C13H18O4/c14-11(15)10(12(16)17)13-4-7-1-8(5-13)3-9(2-7)6-13/h7-10H,1-6H2,(H,14,15)(H,16,17)/p-2. The molecule has 94 valence electrons. The van der Waals surface area contributed by atoms with E-state index in [4.69, 9.17) is 0 Å². The molecule has 0 aromatic carbocycles. The minimum atomic E-state index is -1.45. The molecule has 4 aliphatic rings. The molecule has 0 atom stereocenters. The summed E-state index contributed by atoms with van der Waals surface area (Å²) in [5, 5.41) is 22.2. The van der Waals surface area contributed by atoms with Crippen LogP contribution in [0.4, 0.5) is 0 Å². The van der Waals surface area contributed by atoms with Crippen molar-refractivity contribution in [3.8, 4) is 0 Å². The van der Waals surface area contributed by atoms with Crippen molar-refractivity contribution in [1.82, 2.24) is 0 Å². The minimum absolute atomic E-state index is 0.530. The fourth-order valence-electron chi connectivity index (χ4n) is 5.13. The van der Waals surface area contributed by atoms with Crippen molar-refractivity contribution in [3.05, 3.63) is 0 Å². The molecule has 0 aromatic heterocycles. The van der Waals surface area contributed by atoms with E-state index in [1.807, 2.05) is 0 Å². The van der Waals surface area contributed by atoms with Crippen LogP contribution < -0.4 is 10.2 Å². The summed E-state index contributed by atoms with van der Waals surface area (Å²) in [6, 6.07) is 0. The van der Waals surface area contributed by atoms with Crippen LogP contribution in [-0.2, 0) is 9.59 Å². The largest absolute Gasteiger partial charge is 0.549 e. The maximum Gasteiger partial charge on any atom is 0.0507 e. The van der Waals surface area contributed by atoms with E-state index in [9.17, 15) is 19.8 Å². The van der Waals surface area contributed by atoms with Gasteiger partial charge in [-0.1, -0.05) is 0 Å². The smallest absolute Gasteiger partial charge is 0.0507 e. The molecule has 0 aromatic rings. The van der Waals surface area contributed by atoms with Crippen LogP contribution in [0.2, 0.25) is 0 Å². The van der Waals surface area contributed by atoms with Crippen molar-refractivity contribution < 1.29 is 19.8 Å². The molecule has 0 spiro atoms. The first-order valence-corrected chi connectivity index (χ1v) is 6.42. The second-order valence-corrected chi connectivity index (χ2v) is 6.35. The maximum absolute atomic E-state index is 11.1. The summed E-state index contributed by atoms with van der Waals surface area (Å²) in [5.41, 5.74) is -0.563. The highest BCUT2D eigenvalue weighted by atomic mass is 16.4. The summed E-state index contributed by atoms with van der Waals surface area (Å²) in [4.78, 5) is 22.2. The van der Waals surface area contributed by atoms with Gasteiger partial charge in [-0.25, -0.2) is 0 Å². The van der Waals surface area contributed by atoms with Crippen molar-refractivity contribution in [2.45, 2.75) is 38.5 Å². The highest BCUT2D eigenvalue weighted by Gasteiger charge is 2.54. The highest BCUT2D eigenvalue weighted by molar-refractivity contribution is 5.91. The summed E-state index contributed by atoms with van der Waals surface area (Å²) >= 11 is 0. The van der Waals surface area contributed by atoms with Crippen LogP contribution in [0, 0.1) is 29.1 Å². The first-order valence-electron chi connectivity index (χ1n) is 6.42. The number of aliphatic carboxylic acids is 2. The van der Waals surface area contributed by atoms with Gasteiger partial charge in [-0.05, 0) is 61.7 Å². The second-order valence-electron chi connectivity index (χ2n) is 6.35. The second kappa shape index (κ2) is 3.47. The zero-order valence-electron chi connectivity index (χ0n) is 9.69. The Labute approximate surface area is 100 Å². The lowest BCUT2D eigenvalue weighted by Gasteiger charge is -2.59. The Kier molecular flexibility index (Phi) is 2.25. The van der Waals surface area contributed by atoms with Gasteiger partial charge >= 0.3 is 0 Å². The molecule has 0 aliphatic heterocycles. The molecule has 4 heteroatoms. The van der Waals surface area contributed by atoms with Crippen molar-refractivity contribution in [2.75, 3.05) is 0 Å². The normalized spacial score (nSPS) is 43.0. The molecule has 0 N–H and O–H groups in total. The Morgan fingerprint density at radius 1 is 0.882 bits per heavy atom. The Hall–Kier alpha value is -1.06. The Bertz CT molecular complexity index is 324. The number of carbonyl (C=O) groups is 2. The Morgan fingerprint density at radius 2 is 1.24 bits per heavy atom. The van der Waals surface area contributed by atoms with E-state index < -0.39 is 23.3 Å². The third-order valence-corrected chi connectivity index (χ3v) is 5.17. The van der Waals surface area contributed by atoms with Crippen molar-refractivity contribution in [2.24, 2.45) is 29.1 Å². The molecular weight excluding hydrogens is 220 g/mol. The van der Waals surface area contributed by atoms with Crippen LogP contribution in [0.25, 0.3) is 0 Å². The molecule has 4 saturated carbocycles. The van der Waals surface area contributed by atoms with Crippen LogP contribution in [0.3, 0.4) is 0 Å². The maximum atomic E-state index is 11.1. The first kappa shape index (κ1) is 11.1. The zero-order valence-corrected chi connectivity index (χ0v) is 9.69.